The van der Waals surface area contributed by atoms with Crippen LogP contribution in [0.15, 0.2) is 59.5 Å². The summed E-state index contributed by atoms with van der Waals surface area (Å²) in [6.07, 6.45) is 2.74. The Balaban J connectivity index is 1.43. The quantitative estimate of drug-likeness (QED) is 0.542. The molecular weight excluding hydrogens is 384 g/mol. The normalized spacial score (nSPS) is 13.8. The molecule has 0 saturated heterocycles. The Hall–Kier alpha value is -2.67. The summed E-state index contributed by atoms with van der Waals surface area (Å²) >= 11 is 0.831. The van der Waals surface area contributed by atoms with Gasteiger partial charge >= 0.3 is 5.97 Å². The molecule has 146 valence electrons. The fraction of sp³-hybridized carbons (Fsp3) is 0.238. The van der Waals surface area contributed by atoms with Crippen molar-refractivity contribution in [1.82, 2.24) is 4.90 Å². The second kappa shape index (κ2) is 9.50. The molecule has 0 unspecified atom stereocenters. The molecule has 0 N–H and O–H groups in total. The minimum atomic E-state index is -0.653. The number of carbonyl (C=O) groups excluding carboxylic acids is 2. The van der Waals surface area contributed by atoms with E-state index in [2.05, 4.69) is 0 Å². The van der Waals surface area contributed by atoms with Crippen LogP contribution in [0, 0.1) is 11.6 Å². The van der Waals surface area contributed by atoms with Crippen molar-refractivity contribution >= 4 is 29.2 Å². The fourth-order valence-electron chi connectivity index (χ4n) is 2.81. The molecule has 0 aliphatic carbocycles. The molecule has 1 aliphatic rings. The summed E-state index contributed by atoms with van der Waals surface area (Å²) in [4.78, 5) is 25.7. The molecule has 0 aromatic heterocycles. The van der Waals surface area contributed by atoms with Gasteiger partial charge in [-0.25, -0.2) is 8.78 Å². The zero-order valence-corrected chi connectivity index (χ0v) is 15.9. The van der Waals surface area contributed by atoms with Crippen LogP contribution in [-0.4, -0.2) is 42.2 Å². The molecule has 0 saturated carbocycles. The maximum atomic E-state index is 13.5. The number of nitrogens with zero attached hydrogens (tertiary/aromatic N) is 1. The lowest BCUT2D eigenvalue weighted by atomic mass is 10.00. The van der Waals surface area contributed by atoms with Gasteiger partial charge in [-0.2, -0.15) is 0 Å². The van der Waals surface area contributed by atoms with E-state index in [-0.39, 0.29) is 23.2 Å². The van der Waals surface area contributed by atoms with Crippen molar-refractivity contribution in [3.63, 3.8) is 0 Å². The van der Waals surface area contributed by atoms with Gasteiger partial charge in [-0.3, -0.25) is 9.59 Å². The highest BCUT2D eigenvalue weighted by Crippen LogP contribution is 2.23. The zero-order chi connectivity index (χ0) is 19.9. The number of hydrogen-bond donors (Lipinski definition) is 0. The standard InChI is InChI=1S/C21H19F2NO3S/c22-17-6-7-18(23)19(12-17)28-14-21(26)27-13-20(25)24-10-8-16(9-11-24)15-4-2-1-3-5-15/h1-8,12H,9-11,13-14H2. The minimum absolute atomic E-state index is 0.0258. The van der Waals surface area contributed by atoms with Crippen molar-refractivity contribution in [3.05, 3.63) is 71.8 Å². The van der Waals surface area contributed by atoms with E-state index in [9.17, 15) is 18.4 Å². The van der Waals surface area contributed by atoms with Crippen LogP contribution >= 0.6 is 11.8 Å². The molecule has 1 aliphatic heterocycles. The Morgan fingerprint density at radius 3 is 2.61 bits per heavy atom. The highest BCUT2D eigenvalue weighted by molar-refractivity contribution is 8.00. The van der Waals surface area contributed by atoms with Crippen LogP contribution in [0.5, 0.6) is 0 Å². The second-order valence-electron chi connectivity index (χ2n) is 6.21. The molecule has 2 aromatic rings. The van der Waals surface area contributed by atoms with E-state index in [1.165, 1.54) is 5.57 Å². The van der Waals surface area contributed by atoms with E-state index in [0.29, 0.717) is 13.1 Å². The third-order valence-corrected chi connectivity index (χ3v) is 5.31. The van der Waals surface area contributed by atoms with Gasteiger partial charge in [0.15, 0.2) is 6.61 Å². The second-order valence-corrected chi connectivity index (χ2v) is 7.23. The third kappa shape index (κ3) is 5.42. The first-order valence-corrected chi connectivity index (χ1v) is 9.77. The Morgan fingerprint density at radius 2 is 1.89 bits per heavy atom. The lowest BCUT2D eigenvalue weighted by Crippen LogP contribution is -2.37. The number of thioether (sulfide) groups is 1. The molecule has 0 atom stereocenters. The van der Waals surface area contributed by atoms with Crippen LogP contribution < -0.4 is 0 Å². The number of benzene rings is 2. The smallest absolute Gasteiger partial charge is 0.316 e. The number of hydrogen-bond acceptors (Lipinski definition) is 4. The van der Waals surface area contributed by atoms with Crippen LogP contribution in [0.4, 0.5) is 8.78 Å². The Kier molecular flexibility index (Phi) is 6.81. The Bertz CT molecular complexity index is 886. The maximum absolute atomic E-state index is 13.5. The zero-order valence-electron chi connectivity index (χ0n) is 15.1. The molecule has 1 amide bonds. The fourth-order valence-corrected chi connectivity index (χ4v) is 3.57. The molecule has 7 heteroatoms. The maximum Gasteiger partial charge on any atom is 0.316 e. The molecular formula is C21H19F2NO3S. The highest BCUT2D eigenvalue weighted by Gasteiger charge is 2.19. The van der Waals surface area contributed by atoms with Crippen LogP contribution in [-0.2, 0) is 14.3 Å². The first-order valence-electron chi connectivity index (χ1n) is 8.78. The Morgan fingerprint density at radius 1 is 1.11 bits per heavy atom. The predicted octanol–water partition coefficient (Wildman–Crippen LogP) is 3.92. The number of esters is 1. The summed E-state index contributed by atoms with van der Waals surface area (Å²) in [6, 6.07) is 13.0. The molecule has 0 fully saturated rings. The van der Waals surface area contributed by atoms with E-state index < -0.39 is 17.6 Å². The van der Waals surface area contributed by atoms with Gasteiger partial charge in [0, 0.05) is 18.0 Å². The molecule has 3 rings (SSSR count). The van der Waals surface area contributed by atoms with Gasteiger partial charge in [-0.15, -0.1) is 11.8 Å². The Labute approximate surface area is 166 Å². The molecule has 2 aromatic carbocycles. The first-order chi connectivity index (χ1) is 13.5. The summed E-state index contributed by atoms with van der Waals surface area (Å²) in [6.45, 7) is 0.657. The highest BCUT2D eigenvalue weighted by atomic mass is 32.2. The van der Waals surface area contributed by atoms with Crippen molar-refractivity contribution in [3.8, 4) is 0 Å². The molecule has 0 radical (unpaired) electrons. The summed E-state index contributed by atoms with van der Waals surface area (Å²) < 4.78 is 31.6. The van der Waals surface area contributed by atoms with Gasteiger partial charge in [0.2, 0.25) is 0 Å². The van der Waals surface area contributed by atoms with Gasteiger partial charge in [-0.05, 0) is 35.8 Å². The van der Waals surface area contributed by atoms with Crippen molar-refractivity contribution in [2.75, 3.05) is 25.4 Å². The van der Waals surface area contributed by atoms with Gasteiger partial charge in [0.25, 0.3) is 5.91 Å². The lowest BCUT2D eigenvalue weighted by Gasteiger charge is -2.26. The van der Waals surface area contributed by atoms with Gasteiger partial charge < -0.3 is 9.64 Å². The van der Waals surface area contributed by atoms with E-state index in [1.54, 1.807) is 4.90 Å². The van der Waals surface area contributed by atoms with E-state index in [1.807, 2.05) is 36.4 Å². The number of carbonyl (C=O) groups is 2. The summed E-state index contributed by atoms with van der Waals surface area (Å²) in [7, 11) is 0. The monoisotopic (exact) mass is 403 g/mol. The first kappa shape index (κ1) is 20.1. The average molecular weight is 403 g/mol. The van der Waals surface area contributed by atoms with E-state index >= 15 is 0 Å². The third-order valence-electron chi connectivity index (χ3n) is 4.30. The van der Waals surface area contributed by atoms with Crippen molar-refractivity contribution in [1.29, 1.82) is 0 Å². The molecule has 4 nitrogen and oxygen atoms in total. The van der Waals surface area contributed by atoms with E-state index in [0.717, 1.165) is 41.9 Å². The predicted molar refractivity (Wildman–Crippen MR) is 104 cm³/mol. The number of ether oxygens (including phenoxy) is 1. The minimum Gasteiger partial charge on any atom is -0.455 e. The number of amides is 1. The van der Waals surface area contributed by atoms with Crippen LogP contribution in [0.2, 0.25) is 0 Å². The van der Waals surface area contributed by atoms with Gasteiger partial charge in [0.05, 0.1) is 5.75 Å². The summed E-state index contributed by atoms with van der Waals surface area (Å²) in [5.74, 6) is -2.32. The van der Waals surface area contributed by atoms with Crippen LogP contribution in [0.3, 0.4) is 0 Å². The molecule has 1 heterocycles. The largest absolute Gasteiger partial charge is 0.455 e. The summed E-state index contributed by atoms with van der Waals surface area (Å²) in [5, 5.41) is 0. The van der Waals surface area contributed by atoms with Crippen LogP contribution in [0.25, 0.3) is 5.57 Å². The summed E-state index contributed by atoms with van der Waals surface area (Å²) in [5.41, 5.74) is 2.33. The van der Waals surface area contributed by atoms with Crippen LogP contribution in [0.1, 0.15) is 12.0 Å². The van der Waals surface area contributed by atoms with Crippen molar-refractivity contribution < 1.29 is 23.1 Å². The molecule has 0 bridgehead atoms. The van der Waals surface area contributed by atoms with E-state index in [4.69, 9.17) is 4.74 Å². The van der Waals surface area contributed by atoms with Crippen molar-refractivity contribution in [2.45, 2.75) is 11.3 Å². The molecule has 28 heavy (non-hydrogen) atoms. The lowest BCUT2D eigenvalue weighted by molar-refractivity contribution is -0.149. The average Bonchev–Trinajstić information content (AvgIpc) is 2.73. The van der Waals surface area contributed by atoms with Gasteiger partial charge in [-0.1, -0.05) is 36.4 Å². The topological polar surface area (TPSA) is 46.6 Å². The van der Waals surface area contributed by atoms with Crippen molar-refractivity contribution in [2.24, 2.45) is 0 Å². The number of halogens is 2. The van der Waals surface area contributed by atoms with Gasteiger partial charge in [0.1, 0.15) is 11.6 Å². The molecule has 0 spiro atoms. The number of rotatable bonds is 6. The SMILES string of the molecule is O=C(CSc1cc(F)ccc1F)OCC(=O)N1CC=C(c2ccccc2)CC1.